The van der Waals surface area contributed by atoms with Crippen molar-refractivity contribution in [1.29, 1.82) is 0 Å². The lowest BCUT2D eigenvalue weighted by Crippen LogP contribution is -2.21. The van der Waals surface area contributed by atoms with Crippen molar-refractivity contribution in [3.05, 3.63) is 108 Å². The van der Waals surface area contributed by atoms with Gasteiger partial charge in [-0.05, 0) is 23.8 Å². The molecule has 5 heteroatoms. The van der Waals surface area contributed by atoms with E-state index >= 15 is 0 Å². The maximum atomic E-state index is 12.7. The van der Waals surface area contributed by atoms with Crippen LogP contribution in [0.4, 0.5) is 5.69 Å². The Morgan fingerprint density at radius 2 is 1.41 bits per heavy atom. The van der Waals surface area contributed by atoms with E-state index in [2.05, 4.69) is 5.32 Å². The Balaban J connectivity index is 1.59. The van der Waals surface area contributed by atoms with Crippen molar-refractivity contribution in [3.63, 3.8) is 0 Å². The molecule has 29 heavy (non-hydrogen) atoms. The number of carbonyl (C=O) groups excluding carboxylic acids is 3. The fraction of sp³-hybridized carbons (Fsp3) is 0.0417. The highest BCUT2D eigenvalue weighted by Crippen LogP contribution is 2.19. The highest BCUT2D eigenvalue weighted by atomic mass is 16.5. The lowest BCUT2D eigenvalue weighted by atomic mass is 10.0. The first-order chi connectivity index (χ1) is 14.1. The second-order valence-electron chi connectivity index (χ2n) is 6.14. The van der Waals surface area contributed by atoms with E-state index in [0.717, 1.165) is 5.56 Å². The number of amides is 1. The molecule has 0 spiro atoms. The maximum absolute atomic E-state index is 12.7. The van der Waals surface area contributed by atoms with Crippen LogP contribution in [0.1, 0.15) is 21.5 Å². The number of benzene rings is 3. The summed E-state index contributed by atoms with van der Waals surface area (Å²) in [7, 11) is 0. The molecule has 0 unspecified atom stereocenters. The Labute approximate surface area is 168 Å². The highest BCUT2D eigenvalue weighted by Gasteiger charge is 2.15. The summed E-state index contributed by atoms with van der Waals surface area (Å²) in [5.74, 6) is -1.36. The zero-order chi connectivity index (χ0) is 20.5. The van der Waals surface area contributed by atoms with Crippen LogP contribution in [0.3, 0.4) is 0 Å². The molecule has 0 atom stereocenters. The van der Waals surface area contributed by atoms with E-state index in [-0.39, 0.29) is 5.78 Å². The summed E-state index contributed by atoms with van der Waals surface area (Å²) in [5.41, 5.74) is 2.10. The summed E-state index contributed by atoms with van der Waals surface area (Å²) in [5, 5.41) is 2.63. The van der Waals surface area contributed by atoms with Gasteiger partial charge in [0.2, 0.25) is 0 Å². The molecule has 0 fully saturated rings. The van der Waals surface area contributed by atoms with E-state index in [0.29, 0.717) is 16.8 Å². The number of ketones is 1. The number of esters is 1. The predicted molar refractivity (Wildman–Crippen MR) is 111 cm³/mol. The molecule has 0 aliphatic carbocycles. The van der Waals surface area contributed by atoms with Gasteiger partial charge in [-0.25, -0.2) is 4.79 Å². The van der Waals surface area contributed by atoms with Crippen molar-refractivity contribution in [1.82, 2.24) is 0 Å². The molecular weight excluding hydrogens is 366 g/mol. The lowest BCUT2D eigenvalue weighted by Gasteiger charge is -2.10. The minimum Gasteiger partial charge on any atom is -0.452 e. The SMILES string of the molecule is O=C(COC(=O)/C=C/c1ccccc1)Nc1ccccc1C(=O)c1ccccc1. The molecule has 3 aromatic rings. The van der Waals surface area contributed by atoms with Crippen LogP contribution in [0.2, 0.25) is 0 Å². The van der Waals surface area contributed by atoms with Crippen LogP contribution in [0.5, 0.6) is 0 Å². The van der Waals surface area contributed by atoms with Gasteiger partial charge in [0.05, 0.1) is 5.69 Å². The van der Waals surface area contributed by atoms with Crippen molar-refractivity contribution in [2.24, 2.45) is 0 Å². The second kappa shape index (κ2) is 9.80. The molecule has 3 rings (SSSR count). The highest BCUT2D eigenvalue weighted by molar-refractivity contribution is 6.13. The second-order valence-corrected chi connectivity index (χ2v) is 6.14. The van der Waals surface area contributed by atoms with Crippen molar-refractivity contribution in [2.75, 3.05) is 11.9 Å². The Bertz CT molecular complexity index is 1030. The van der Waals surface area contributed by atoms with Crippen LogP contribution < -0.4 is 5.32 Å². The molecule has 0 radical (unpaired) electrons. The number of rotatable bonds is 7. The quantitative estimate of drug-likeness (QED) is 0.377. The summed E-state index contributed by atoms with van der Waals surface area (Å²) in [6.07, 6.45) is 2.86. The first kappa shape index (κ1) is 19.8. The van der Waals surface area contributed by atoms with E-state index in [1.807, 2.05) is 36.4 Å². The third-order valence-corrected chi connectivity index (χ3v) is 4.04. The average molecular weight is 385 g/mol. The van der Waals surface area contributed by atoms with Crippen molar-refractivity contribution < 1.29 is 19.1 Å². The van der Waals surface area contributed by atoms with Gasteiger partial charge in [-0.3, -0.25) is 9.59 Å². The smallest absolute Gasteiger partial charge is 0.331 e. The number of para-hydroxylation sites is 1. The topological polar surface area (TPSA) is 72.5 Å². The summed E-state index contributed by atoms with van der Waals surface area (Å²) in [4.78, 5) is 36.7. The molecule has 1 amide bonds. The first-order valence-electron chi connectivity index (χ1n) is 9.02. The Morgan fingerprint density at radius 1 is 0.793 bits per heavy atom. The van der Waals surface area contributed by atoms with Gasteiger partial charge in [0.1, 0.15) is 0 Å². The minimum atomic E-state index is -0.627. The van der Waals surface area contributed by atoms with Gasteiger partial charge in [-0.15, -0.1) is 0 Å². The molecule has 0 saturated heterocycles. The zero-order valence-corrected chi connectivity index (χ0v) is 15.6. The van der Waals surface area contributed by atoms with E-state index in [1.165, 1.54) is 6.08 Å². The molecule has 3 aromatic carbocycles. The van der Waals surface area contributed by atoms with Crippen LogP contribution >= 0.6 is 0 Å². The van der Waals surface area contributed by atoms with Gasteiger partial charge in [0.15, 0.2) is 12.4 Å². The predicted octanol–water partition coefficient (Wildman–Crippen LogP) is 4.11. The largest absolute Gasteiger partial charge is 0.452 e. The van der Waals surface area contributed by atoms with Gasteiger partial charge >= 0.3 is 5.97 Å². The summed E-state index contributed by atoms with van der Waals surface area (Å²) < 4.78 is 4.96. The van der Waals surface area contributed by atoms with Crippen molar-refractivity contribution >= 4 is 29.4 Å². The Kier molecular flexibility index (Phi) is 6.68. The molecule has 5 nitrogen and oxygen atoms in total. The number of hydrogen-bond donors (Lipinski definition) is 1. The maximum Gasteiger partial charge on any atom is 0.331 e. The average Bonchev–Trinajstić information content (AvgIpc) is 2.77. The summed E-state index contributed by atoms with van der Waals surface area (Å²) >= 11 is 0. The van der Waals surface area contributed by atoms with Gasteiger partial charge in [-0.2, -0.15) is 0 Å². The standard InChI is InChI=1S/C24H19NO4/c26-22(17-29-23(27)16-15-18-9-3-1-4-10-18)25-21-14-8-7-13-20(21)24(28)19-11-5-2-6-12-19/h1-16H,17H2,(H,25,26)/b16-15+. The van der Waals surface area contributed by atoms with E-state index < -0.39 is 18.5 Å². The van der Waals surface area contributed by atoms with Gasteiger partial charge in [0.25, 0.3) is 5.91 Å². The molecule has 0 aliphatic rings. The normalized spacial score (nSPS) is 10.5. The van der Waals surface area contributed by atoms with Gasteiger partial charge in [0, 0.05) is 17.2 Å². The number of hydrogen-bond acceptors (Lipinski definition) is 4. The summed E-state index contributed by atoms with van der Waals surface area (Å²) in [6, 6.07) is 24.8. The van der Waals surface area contributed by atoms with E-state index in [4.69, 9.17) is 4.74 Å². The molecule has 0 bridgehead atoms. The molecule has 0 saturated carbocycles. The third kappa shape index (κ3) is 5.74. The molecule has 144 valence electrons. The van der Waals surface area contributed by atoms with Crippen LogP contribution in [-0.2, 0) is 14.3 Å². The van der Waals surface area contributed by atoms with Crippen LogP contribution in [0.15, 0.2) is 91.0 Å². The van der Waals surface area contributed by atoms with Gasteiger partial charge < -0.3 is 10.1 Å². The first-order valence-corrected chi connectivity index (χ1v) is 9.02. The van der Waals surface area contributed by atoms with Crippen molar-refractivity contribution in [3.8, 4) is 0 Å². The van der Waals surface area contributed by atoms with Gasteiger partial charge in [-0.1, -0.05) is 72.8 Å². The third-order valence-electron chi connectivity index (χ3n) is 4.04. The van der Waals surface area contributed by atoms with Crippen LogP contribution in [0, 0.1) is 0 Å². The molecule has 0 aromatic heterocycles. The molecule has 1 N–H and O–H groups in total. The monoisotopic (exact) mass is 385 g/mol. The fourth-order valence-electron chi connectivity index (χ4n) is 2.63. The minimum absolute atomic E-state index is 0.204. The lowest BCUT2D eigenvalue weighted by molar-refractivity contribution is -0.142. The number of ether oxygens (including phenoxy) is 1. The van der Waals surface area contributed by atoms with Crippen LogP contribution in [0.25, 0.3) is 6.08 Å². The molecule has 0 aliphatic heterocycles. The van der Waals surface area contributed by atoms with E-state index in [1.54, 1.807) is 54.6 Å². The molecular formula is C24H19NO4. The fourth-order valence-corrected chi connectivity index (χ4v) is 2.63. The zero-order valence-electron chi connectivity index (χ0n) is 15.6. The Morgan fingerprint density at radius 3 is 2.14 bits per heavy atom. The summed E-state index contributed by atoms with van der Waals surface area (Å²) in [6.45, 7) is -0.453. The van der Waals surface area contributed by atoms with E-state index in [9.17, 15) is 14.4 Å². The van der Waals surface area contributed by atoms with Crippen LogP contribution in [-0.4, -0.2) is 24.3 Å². The molecule has 0 heterocycles. The Hall–Kier alpha value is -3.99. The van der Waals surface area contributed by atoms with Crippen molar-refractivity contribution in [2.45, 2.75) is 0 Å². The number of carbonyl (C=O) groups is 3. The number of anilines is 1. The number of nitrogens with one attached hydrogen (secondary N) is 1.